The van der Waals surface area contributed by atoms with Gasteiger partial charge in [0.2, 0.25) is 0 Å². The van der Waals surface area contributed by atoms with E-state index in [4.69, 9.17) is 5.11 Å². The lowest BCUT2D eigenvalue weighted by atomic mass is 9.99. The van der Waals surface area contributed by atoms with Crippen molar-refractivity contribution in [2.75, 3.05) is 5.32 Å². The van der Waals surface area contributed by atoms with Crippen LogP contribution in [0.1, 0.15) is 57.8 Å². The molecule has 1 rings (SSSR count). The lowest BCUT2D eigenvalue weighted by molar-refractivity contribution is -0.137. The average molecular weight is 349 g/mol. The topological polar surface area (TPSA) is 108 Å². The Kier molecular flexibility index (Phi) is 6.55. The molecule has 0 heterocycles. The van der Waals surface area contributed by atoms with Crippen LogP contribution in [0.15, 0.2) is 24.3 Å². The van der Waals surface area contributed by atoms with E-state index >= 15 is 0 Å². The first-order chi connectivity index (χ1) is 11.4. The number of carboxylic acid groups (broad SMARTS) is 1. The second kappa shape index (κ2) is 8.00. The van der Waals surface area contributed by atoms with Gasteiger partial charge in [-0.25, -0.2) is 4.79 Å². The third-order valence-electron chi connectivity index (χ3n) is 3.29. The van der Waals surface area contributed by atoms with Gasteiger partial charge in [0.15, 0.2) is 0 Å². The molecule has 0 atom stereocenters. The highest BCUT2D eigenvalue weighted by molar-refractivity contribution is 5.97. The van der Waals surface area contributed by atoms with Gasteiger partial charge in [-0.3, -0.25) is 9.59 Å². The number of urea groups is 1. The molecular weight excluding hydrogens is 322 g/mol. The van der Waals surface area contributed by atoms with Crippen LogP contribution in [0.4, 0.5) is 10.5 Å². The minimum atomic E-state index is -0.909. The van der Waals surface area contributed by atoms with Crippen LogP contribution in [-0.2, 0) is 4.79 Å². The molecule has 0 saturated carbocycles. The summed E-state index contributed by atoms with van der Waals surface area (Å²) in [6.07, 6.45) is 0.277. The number of benzene rings is 1. The number of nitrogens with one attached hydrogen (secondary N) is 3. The molecule has 1 aromatic carbocycles. The fraction of sp³-hybridized carbons (Fsp3) is 0.500. The van der Waals surface area contributed by atoms with Crippen molar-refractivity contribution < 1.29 is 19.5 Å². The summed E-state index contributed by atoms with van der Waals surface area (Å²) in [6, 6.07) is 6.16. The molecular formula is C18H27N3O4. The van der Waals surface area contributed by atoms with Crippen LogP contribution >= 0.6 is 0 Å². The van der Waals surface area contributed by atoms with Crippen LogP contribution in [0.2, 0.25) is 0 Å². The molecule has 7 nitrogen and oxygen atoms in total. The van der Waals surface area contributed by atoms with Crippen molar-refractivity contribution in [3.63, 3.8) is 0 Å². The fourth-order valence-electron chi connectivity index (χ4n) is 2.10. The quantitative estimate of drug-likeness (QED) is 0.633. The van der Waals surface area contributed by atoms with Crippen molar-refractivity contribution in [1.29, 1.82) is 0 Å². The molecule has 0 aliphatic carbocycles. The number of rotatable bonds is 6. The van der Waals surface area contributed by atoms with E-state index in [0.717, 1.165) is 0 Å². The molecule has 0 aromatic heterocycles. The molecule has 7 heteroatoms. The third-order valence-corrected chi connectivity index (χ3v) is 3.29. The maximum absolute atomic E-state index is 12.2. The Morgan fingerprint density at radius 3 is 2.24 bits per heavy atom. The minimum absolute atomic E-state index is 0.0320. The van der Waals surface area contributed by atoms with Crippen LogP contribution in [0.3, 0.4) is 0 Å². The first kappa shape index (κ1) is 20.5. The van der Waals surface area contributed by atoms with Crippen molar-refractivity contribution in [3.8, 4) is 0 Å². The third kappa shape index (κ3) is 8.19. The Labute approximate surface area is 148 Å². The Morgan fingerprint density at radius 1 is 1.04 bits per heavy atom. The van der Waals surface area contributed by atoms with Crippen molar-refractivity contribution >= 4 is 23.6 Å². The van der Waals surface area contributed by atoms with Gasteiger partial charge >= 0.3 is 12.0 Å². The molecule has 138 valence electrons. The molecule has 0 fully saturated rings. The van der Waals surface area contributed by atoms with E-state index in [9.17, 15) is 14.4 Å². The molecule has 0 aliphatic rings. The predicted molar refractivity (Wildman–Crippen MR) is 96.8 cm³/mol. The summed E-state index contributed by atoms with van der Waals surface area (Å²) in [4.78, 5) is 35.0. The monoisotopic (exact) mass is 349 g/mol. The highest BCUT2D eigenvalue weighted by Crippen LogP contribution is 2.14. The zero-order valence-corrected chi connectivity index (χ0v) is 15.4. The normalized spacial score (nSPS) is 11.6. The lowest BCUT2D eigenvalue weighted by Gasteiger charge is -2.25. The Hall–Kier alpha value is -2.57. The first-order valence-corrected chi connectivity index (χ1v) is 8.11. The van der Waals surface area contributed by atoms with E-state index in [1.165, 1.54) is 0 Å². The number of carbonyl (C=O) groups excluding carboxylic acids is 2. The van der Waals surface area contributed by atoms with Gasteiger partial charge in [0.25, 0.3) is 5.91 Å². The molecule has 0 unspecified atom stereocenters. The van der Waals surface area contributed by atoms with Gasteiger partial charge in [0.1, 0.15) is 0 Å². The van der Waals surface area contributed by atoms with Gasteiger partial charge in [-0.15, -0.1) is 0 Å². The number of anilines is 1. The Balaban J connectivity index is 2.70. The molecule has 0 saturated heterocycles. The first-order valence-electron chi connectivity index (χ1n) is 8.11. The number of hydrogen-bond donors (Lipinski definition) is 4. The summed E-state index contributed by atoms with van der Waals surface area (Å²) in [5.41, 5.74) is -0.0959. The Morgan fingerprint density at radius 2 is 1.68 bits per heavy atom. The van der Waals surface area contributed by atoms with Gasteiger partial charge in [-0.1, -0.05) is 6.07 Å². The largest absolute Gasteiger partial charge is 0.481 e. The van der Waals surface area contributed by atoms with Crippen molar-refractivity contribution in [3.05, 3.63) is 29.8 Å². The minimum Gasteiger partial charge on any atom is -0.481 e. The van der Waals surface area contributed by atoms with E-state index in [0.29, 0.717) is 17.7 Å². The van der Waals surface area contributed by atoms with Gasteiger partial charge in [-0.2, -0.15) is 0 Å². The number of carboxylic acids is 1. The molecule has 0 aliphatic heterocycles. The number of aliphatic carboxylic acids is 1. The average Bonchev–Trinajstić information content (AvgIpc) is 2.43. The molecule has 3 amide bonds. The standard InChI is InChI=1S/C18H27N3O4/c1-17(2,3)20-15(24)12-7-6-8-13(11-12)19-16(25)21-18(4,5)10-9-14(22)23/h6-8,11H,9-10H2,1-5H3,(H,20,24)(H,22,23)(H2,19,21,25). The summed E-state index contributed by atoms with van der Waals surface area (Å²) >= 11 is 0. The maximum Gasteiger partial charge on any atom is 0.319 e. The van der Waals surface area contributed by atoms with Crippen LogP contribution in [-0.4, -0.2) is 34.1 Å². The van der Waals surface area contributed by atoms with Crippen molar-refractivity contribution in [2.45, 2.75) is 58.5 Å². The second-order valence-corrected chi connectivity index (χ2v) is 7.64. The van der Waals surface area contributed by atoms with Crippen molar-refractivity contribution in [1.82, 2.24) is 10.6 Å². The van der Waals surface area contributed by atoms with E-state index in [1.807, 2.05) is 20.8 Å². The summed E-state index contributed by atoms with van der Waals surface area (Å²) in [6.45, 7) is 9.17. The molecule has 0 bridgehead atoms. The van der Waals surface area contributed by atoms with E-state index < -0.39 is 17.5 Å². The highest BCUT2D eigenvalue weighted by Gasteiger charge is 2.22. The smallest absolute Gasteiger partial charge is 0.319 e. The Bertz CT molecular complexity index is 648. The van der Waals surface area contributed by atoms with Gasteiger partial charge < -0.3 is 21.1 Å². The fourth-order valence-corrected chi connectivity index (χ4v) is 2.10. The molecule has 25 heavy (non-hydrogen) atoms. The van der Waals surface area contributed by atoms with Crippen LogP contribution in [0, 0.1) is 0 Å². The van der Waals surface area contributed by atoms with E-state index in [-0.39, 0.29) is 17.9 Å². The summed E-state index contributed by atoms with van der Waals surface area (Å²) < 4.78 is 0. The number of amides is 3. The van der Waals surface area contributed by atoms with E-state index in [1.54, 1.807) is 38.1 Å². The van der Waals surface area contributed by atoms with E-state index in [2.05, 4.69) is 16.0 Å². The SMILES string of the molecule is CC(C)(C)NC(=O)c1cccc(NC(=O)NC(C)(C)CCC(=O)O)c1. The zero-order valence-electron chi connectivity index (χ0n) is 15.4. The predicted octanol–water partition coefficient (Wildman–Crippen LogP) is 2.98. The zero-order chi connectivity index (χ0) is 19.3. The van der Waals surface area contributed by atoms with Gasteiger partial charge in [-0.05, 0) is 59.2 Å². The van der Waals surface area contributed by atoms with Crippen molar-refractivity contribution in [2.24, 2.45) is 0 Å². The summed E-state index contributed by atoms with van der Waals surface area (Å²) in [5.74, 6) is -1.13. The van der Waals surface area contributed by atoms with Crippen LogP contribution in [0.25, 0.3) is 0 Å². The molecule has 1 aromatic rings. The highest BCUT2D eigenvalue weighted by atomic mass is 16.4. The van der Waals surface area contributed by atoms with Gasteiger partial charge in [0, 0.05) is 28.7 Å². The summed E-state index contributed by atoms with van der Waals surface area (Å²) in [5, 5.41) is 17.0. The molecule has 4 N–H and O–H groups in total. The molecule has 0 radical (unpaired) electrons. The number of carbonyl (C=O) groups is 3. The van der Waals surface area contributed by atoms with Crippen LogP contribution < -0.4 is 16.0 Å². The molecule has 0 spiro atoms. The summed E-state index contributed by atoms with van der Waals surface area (Å²) in [7, 11) is 0. The van der Waals surface area contributed by atoms with Crippen LogP contribution in [0.5, 0.6) is 0 Å². The maximum atomic E-state index is 12.2. The lowest BCUT2D eigenvalue weighted by Crippen LogP contribution is -2.45. The van der Waals surface area contributed by atoms with Gasteiger partial charge in [0.05, 0.1) is 0 Å². The second-order valence-electron chi connectivity index (χ2n) is 7.64. The number of hydrogen-bond acceptors (Lipinski definition) is 3.